The van der Waals surface area contributed by atoms with Crippen molar-refractivity contribution in [1.82, 2.24) is 14.8 Å². The standard InChI is InChI=1S/C17H15N3OS/c1-3-11-5-7-15(22-11)20-17(21)13-9-18-14-8-10(2)4-6-12(14)16(13)19-20/h4-9,19H,3H2,1-2H3. The molecule has 0 aliphatic carbocycles. The van der Waals surface area contributed by atoms with Gasteiger partial charge in [-0.15, -0.1) is 11.3 Å². The molecule has 0 unspecified atom stereocenters. The van der Waals surface area contributed by atoms with Gasteiger partial charge in [0.1, 0.15) is 5.00 Å². The molecule has 0 amide bonds. The number of H-pyrrole nitrogens is 1. The molecule has 0 bridgehead atoms. The van der Waals surface area contributed by atoms with Crippen LogP contribution in [-0.4, -0.2) is 14.8 Å². The molecule has 1 aromatic carbocycles. The summed E-state index contributed by atoms with van der Waals surface area (Å²) in [5.74, 6) is 0. The molecule has 0 saturated carbocycles. The van der Waals surface area contributed by atoms with E-state index in [4.69, 9.17) is 0 Å². The van der Waals surface area contributed by atoms with Crippen LogP contribution in [0.5, 0.6) is 0 Å². The molecule has 110 valence electrons. The highest BCUT2D eigenvalue weighted by Crippen LogP contribution is 2.24. The minimum absolute atomic E-state index is 0.0468. The van der Waals surface area contributed by atoms with E-state index in [0.29, 0.717) is 5.39 Å². The van der Waals surface area contributed by atoms with Crippen molar-refractivity contribution < 1.29 is 0 Å². The van der Waals surface area contributed by atoms with E-state index < -0.39 is 0 Å². The quantitative estimate of drug-likeness (QED) is 0.612. The summed E-state index contributed by atoms with van der Waals surface area (Å²) in [4.78, 5) is 18.3. The van der Waals surface area contributed by atoms with Crippen LogP contribution >= 0.6 is 11.3 Å². The maximum atomic E-state index is 12.6. The largest absolute Gasteiger partial charge is 0.289 e. The summed E-state index contributed by atoms with van der Waals surface area (Å²) in [5.41, 5.74) is 2.87. The first-order chi connectivity index (χ1) is 10.7. The van der Waals surface area contributed by atoms with Gasteiger partial charge >= 0.3 is 0 Å². The average Bonchev–Trinajstić information content (AvgIpc) is 3.11. The lowest BCUT2D eigenvalue weighted by atomic mass is 10.1. The number of hydrogen-bond acceptors (Lipinski definition) is 3. The van der Waals surface area contributed by atoms with E-state index >= 15 is 0 Å². The third-order valence-electron chi connectivity index (χ3n) is 3.90. The van der Waals surface area contributed by atoms with Gasteiger partial charge in [-0.2, -0.15) is 0 Å². The van der Waals surface area contributed by atoms with Crippen LogP contribution in [0, 0.1) is 6.92 Å². The third kappa shape index (κ3) is 1.89. The topological polar surface area (TPSA) is 50.7 Å². The summed E-state index contributed by atoms with van der Waals surface area (Å²) >= 11 is 1.63. The maximum absolute atomic E-state index is 12.6. The van der Waals surface area contributed by atoms with Crippen molar-refractivity contribution in [3.05, 3.63) is 57.3 Å². The number of pyridine rings is 1. The second kappa shape index (κ2) is 4.81. The molecule has 0 radical (unpaired) electrons. The number of aromatic amines is 1. The smallest absolute Gasteiger partial charge is 0.281 e. The summed E-state index contributed by atoms with van der Waals surface area (Å²) in [6.45, 7) is 4.15. The minimum atomic E-state index is -0.0468. The zero-order valence-electron chi connectivity index (χ0n) is 12.4. The van der Waals surface area contributed by atoms with Crippen LogP contribution in [0.2, 0.25) is 0 Å². The molecule has 4 aromatic rings. The van der Waals surface area contributed by atoms with Crippen LogP contribution in [0.3, 0.4) is 0 Å². The Morgan fingerprint density at radius 2 is 2.09 bits per heavy atom. The summed E-state index contributed by atoms with van der Waals surface area (Å²) in [5, 5.41) is 5.78. The molecule has 0 atom stereocenters. The molecule has 3 heterocycles. The van der Waals surface area contributed by atoms with Crippen molar-refractivity contribution in [2.24, 2.45) is 0 Å². The van der Waals surface area contributed by atoms with E-state index in [-0.39, 0.29) is 5.56 Å². The number of hydrogen-bond donors (Lipinski definition) is 1. The highest BCUT2D eigenvalue weighted by molar-refractivity contribution is 7.14. The van der Waals surface area contributed by atoms with Gasteiger partial charge in [-0.3, -0.25) is 14.9 Å². The van der Waals surface area contributed by atoms with Gasteiger partial charge < -0.3 is 0 Å². The van der Waals surface area contributed by atoms with Gasteiger partial charge in [0.2, 0.25) is 0 Å². The van der Waals surface area contributed by atoms with E-state index in [9.17, 15) is 4.79 Å². The van der Waals surface area contributed by atoms with Crippen molar-refractivity contribution in [2.75, 3.05) is 0 Å². The lowest BCUT2D eigenvalue weighted by Gasteiger charge is -1.99. The number of fused-ring (bicyclic) bond motifs is 3. The zero-order valence-corrected chi connectivity index (χ0v) is 13.2. The van der Waals surface area contributed by atoms with E-state index in [1.54, 1.807) is 22.2 Å². The Hall–Kier alpha value is -2.40. The van der Waals surface area contributed by atoms with Gasteiger partial charge in [-0.1, -0.05) is 19.1 Å². The Kier molecular flexibility index (Phi) is 2.90. The number of nitrogens with one attached hydrogen (secondary N) is 1. The van der Waals surface area contributed by atoms with Crippen molar-refractivity contribution in [3.63, 3.8) is 0 Å². The molecule has 4 rings (SSSR count). The molecule has 1 N–H and O–H groups in total. The fraction of sp³-hybridized carbons (Fsp3) is 0.176. The summed E-state index contributed by atoms with van der Waals surface area (Å²) < 4.78 is 1.62. The van der Waals surface area contributed by atoms with E-state index in [2.05, 4.69) is 23.1 Å². The van der Waals surface area contributed by atoms with E-state index in [1.165, 1.54) is 4.88 Å². The van der Waals surface area contributed by atoms with Crippen molar-refractivity contribution in [3.8, 4) is 5.00 Å². The summed E-state index contributed by atoms with van der Waals surface area (Å²) in [6.07, 6.45) is 2.64. The molecule has 4 nitrogen and oxygen atoms in total. The van der Waals surface area contributed by atoms with Crippen LogP contribution in [0.1, 0.15) is 17.4 Å². The predicted molar refractivity (Wildman–Crippen MR) is 91.2 cm³/mol. The van der Waals surface area contributed by atoms with Gasteiger partial charge in [0.25, 0.3) is 5.56 Å². The van der Waals surface area contributed by atoms with E-state index in [1.807, 2.05) is 31.2 Å². The second-order valence-electron chi connectivity index (χ2n) is 5.41. The minimum Gasteiger partial charge on any atom is -0.289 e. The van der Waals surface area contributed by atoms with Crippen molar-refractivity contribution in [1.29, 1.82) is 0 Å². The van der Waals surface area contributed by atoms with Crippen LogP contribution < -0.4 is 5.56 Å². The fourth-order valence-electron chi connectivity index (χ4n) is 2.70. The van der Waals surface area contributed by atoms with Crippen LogP contribution in [0.15, 0.2) is 41.3 Å². The molecule has 0 spiro atoms. The number of nitrogens with zero attached hydrogens (tertiary/aromatic N) is 2. The first-order valence-electron chi connectivity index (χ1n) is 7.26. The predicted octanol–water partition coefficient (Wildman–Crippen LogP) is 3.80. The molecule has 0 aliphatic heterocycles. The Morgan fingerprint density at radius 3 is 2.86 bits per heavy atom. The Labute approximate surface area is 131 Å². The van der Waals surface area contributed by atoms with Gasteiger partial charge in [0.05, 0.1) is 16.4 Å². The number of aryl methyl sites for hydroxylation is 2. The van der Waals surface area contributed by atoms with E-state index in [0.717, 1.165) is 33.4 Å². The molecule has 5 heteroatoms. The molecule has 0 saturated heterocycles. The summed E-state index contributed by atoms with van der Waals surface area (Å²) in [7, 11) is 0. The number of benzene rings is 1. The third-order valence-corrected chi connectivity index (χ3v) is 5.11. The molecule has 22 heavy (non-hydrogen) atoms. The number of thiophene rings is 1. The molecular weight excluding hydrogens is 294 g/mol. The normalized spacial score (nSPS) is 11.5. The molecular formula is C17H15N3OS. The Bertz CT molecular complexity index is 1050. The van der Waals surface area contributed by atoms with Gasteiger partial charge in [0.15, 0.2) is 0 Å². The highest BCUT2D eigenvalue weighted by atomic mass is 32.1. The Morgan fingerprint density at radius 1 is 1.23 bits per heavy atom. The fourth-order valence-corrected chi connectivity index (χ4v) is 3.61. The maximum Gasteiger partial charge on any atom is 0.281 e. The molecule has 3 aromatic heterocycles. The van der Waals surface area contributed by atoms with Gasteiger partial charge in [0, 0.05) is 16.5 Å². The van der Waals surface area contributed by atoms with Crippen LogP contribution in [0.25, 0.3) is 26.8 Å². The highest BCUT2D eigenvalue weighted by Gasteiger charge is 2.13. The van der Waals surface area contributed by atoms with Crippen LogP contribution in [-0.2, 0) is 6.42 Å². The molecule has 0 fully saturated rings. The monoisotopic (exact) mass is 309 g/mol. The van der Waals surface area contributed by atoms with Gasteiger partial charge in [-0.25, -0.2) is 4.68 Å². The van der Waals surface area contributed by atoms with Crippen LogP contribution in [0.4, 0.5) is 0 Å². The first kappa shape index (κ1) is 13.3. The second-order valence-corrected chi connectivity index (χ2v) is 6.56. The zero-order chi connectivity index (χ0) is 15.3. The van der Waals surface area contributed by atoms with Gasteiger partial charge in [-0.05, 0) is 37.1 Å². The molecule has 0 aliphatic rings. The number of aromatic nitrogens is 3. The van der Waals surface area contributed by atoms with Crippen molar-refractivity contribution in [2.45, 2.75) is 20.3 Å². The Balaban J connectivity index is 2.03. The average molecular weight is 309 g/mol. The van der Waals surface area contributed by atoms with Crippen molar-refractivity contribution >= 4 is 33.1 Å². The summed E-state index contributed by atoms with van der Waals surface area (Å²) in [6, 6.07) is 10.1. The lowest BCUT2D eigenvalue weighted by Crippen LogP contribution is -2.12. The number of rotatable bonds is 2. The first-order valence-corrected chi connectivity index (χ1v) is 8.08. The lowest BCUT2D eigenvalue weighted by molar-refractivity contribution is 0.881. The SMILES string of the molecule is CCc1ccc(-n2[nH]c3c(cnc4cc(C)ccc43)c2=O)s1.